The molecule has 82 valence electrons. The summed E-state index contributed by atoms with van der Waals surface area (Å²) in [6.45, 7) is 7.35. The Balaban J connectivity index is 1.55. The molecule has 0 aliphatic heterocycles. The summed E-state index contributed by atoms with van der Waals surface area (Å²) in [6.07, 6.45) is 7.34. The van der Waals surface area contributed by atoms with E-state index in [0.717, 1.165) is 23.7 Å². The molecule has 2 fully saturated rings. The van der Waals surface area contributed by atoms with Gasteiger partial charge >= 0.3 is 0 Å². The van der Waals surface area contributed by atoms with E-state index < -0.39 is 0 Å². The van der Waals surface area contributed by atoms with Gasteiger partial charge in [-0.3, -0.25) is 0 Å². The lowest BCUT2D eigenvalue weighted by Gasteiger charge is -2.26. The van der Waals surface area contributed by atoms with Gasteiger partial charge in [-0.05, 0) is 56.0 Å². The van der Waals surface area contributed by atoms with Crippen LogP contribution in [0.5, 0.6) is 0 Å². The van der Waals surface area contributed by atoms with E-state index in [4.69, 9.17) is 0 Å². The van der Waals surface area contributed by atoms with Crippen molar-refractivity contribution in [2.24, 2.45) is 23.7 Å². The van der Waals surface area contributed by atoms with E-state index in [0.29, 0.717) is 0 Å². The fraction of sp³-hybridized carbons (Fsp3) is 1.00. The summed E-state index contributed by atoms with van der Waals surface area (Å²) < 4.78 is 0. The Kier molecular flexibility index (Phi) is 3.48. The zero-order valence-corrected chi connectivity index (χ0v) is 9.76. The second-order valence-corrected chi connectivity index (χ2v) is 5.77. The van der Waals surface area contributed by atoms with E-state index in [2.05, 4.69) is 19.2 Å². The second-order valence-electron chi connectivity index (χ2n) is 5.77. The summed E-state index contributed by atoms with van der Waals surface area (Å²) in [5.74, 6) is 3.98. The Morgan fingerprint density at radius 2 is 1.86 bits per heavy atom. The first kappa shape index (κ1) is 10.5. The van der Waals surface area contributed by atoms with Gasteiger partial charge in [0.2, 0.25) is 0 Å². The zero-order chi connectivity index (χ0) is 9.97. The van der Waals surface area contributed by atoms with E-state index in [1.54, 1.807) is 0 Å². The highest BCUT2D eigenvalue weighted by Gasteiger charge is 2.31. The quantitative estimate of drug-likeness (QED) is 0.727. The van der Waals surface area contributed by atoms with Gasteiger partial charge in [-0.2, -0.15) is 0 Å². The smallest absolute Gasteiger partial charge is 0.00177 e. The van der Waals surface area contributed by atoms with Gasteiger partial charge in [0.1, 0.15) is 0 Å². The molecule has 2 saturated carbocycles. The molecule has 0 aromatic carbocycles. The van der Waals surface area contributed by atoms with Crippen molar-refractivity contribution in [2.45, 2.75) is 46.0 Å². The number of nitrogens with one attached hydrogen (secondary N) is 1. The molecule has 4 atom stereocenters. The van der Waals surface area contributed by atoms with E-state index in [1.165, 1.54) is 45.2 Å². The molecular weight excluding hydrogens is 170 g/mol. The SMILES string of the molecule is CC1CCCC(CNCC2CC2C)C1. The highest BCUT2D eigenvalue weighted by Crippen LogP contribution is 2.37. The van der Waals surface area contributed by atoms with Gasteiger partial charge in [-0.25, -0.2) is 0 Å². The normalized spacial score (nSPS) is 42.4. The van der Waals surface area contributed by atoms with Crippen LogP contribution in [0.3, 0.4) is 0 Å². The lowest BCUT2D eigenvalue weighted by molar-refractivity contribution is 0.273. The third-order valence-electron chi connectivity index (χ3n) is 4.16. The average molecular weight is 195 g/mol. The van der Waals surface area contributed by atoms with Crippen LogP contribution in [-0.2, 0) is 0 Å². The van der Waals surface area contributed by atoms with Crippen LogP contribution in [0.1, 0.15) is 46.0 Å². The van der Waals surface area contributed by atoms with Gasteiger partial charge in [-0.15, -0.1) is 0 Å². The zero-order valence-electron chi connectivity index (χ0n) is 9.76. The fourth-order valence-electron chi connectivity index (χ4n) is 2.90. The Hall–Kier alpha value is -0.0400. The topological polar surface area (TPSA) is 12.0 Å². The summed E-state index contributed by atoms with van der Waals surface area (Å²) in [4.78, 5) is 0. The van der Waals surface area contributed by atoms with Crippen molar-refractivity contribution < 1.29 is 0 Å². The van der Waals surface area contributed by atoms with Crippen LogP contribution in [0.4, 0.5) is 0 Å². The Morgan fingerprint density at radius 1 is 1.07 bits per heavy atom. The lowest BCUT2D eigenvalue weighted by atomic mass is 9.82. The maximum atomic E-state index is 3.67. The summed E-state index contributed by atoms with van der Waals surface area (Å²) in [7, 11) is 0. The van der Waals surface area contributed by atoms with E-state index >= 15 is 0 Å². The van der Waals surface area contributed by atoms with Gasteiger partial charge < -0.3 is 5.32 Å². The molecule has 1 nitrogen and oxygen atoms in total. The van der Waals surface area contributed by atoms with Crippen LogP contribution in [-0.4, -0.2) is 13.1 Å². The first-order chi connectivity index (χ1) is 6.75. The predicted octanol–water partition coefficient (Wildman–Crippen LogP) is 3.06. The van der Waals surface area contributed by atoms with Gasteiger partial charge in [0.05, 0.1) is 0 Å². The highest BCUT2D eigenvalue weighted by molar-refractivity contribution is 4.84. The van der Waals surface area contributed by atoms with Crippen LogP contribution in [0.25, 0.3) is 0 Å². The molecule has 2 aliphatic rings. The summed E-state index contributed by atoms with van der Waals surface area (Å²) >= 11 is 0. The average Bonchev–Trinajstić information content (AvgIpc) is 2.82. The first-order valence-corrected chi connectivity index (χ1v) is 6.46. The molecule has 0 spiro atoms. The molecule has 0 bridgehead atoms. The van der Waals surface area contributed by atoms with Gasteiger partial charge in [0.15, 0.2) is 0 Å². The number of hydrogen-bond donors (Lipinski definition) is 1. The van der Waals surface area contributed by atoms with Crippen molar-refractivity contribution in [3.63, 3.8) is 0 Å². The monoisotopic (exact) mass is 195 g/mol. The van der Waals surface area contributed by atoms with Crippen LogP contribution in [0.15, 0.2) is 0 Å². The minimum atomic E-state index is 0.979. The van der Waals surface area contributed by atoms with Crippen molar-refractivity contribution in [2.75, 3.05) is 13.1 Å². The maximum absolute atomic E-state index is 3.67. The van der Waals surface area contributed by atoms with Crippen molar-refractivity contribution >= 4 is 0 Å². The molecule has 2 aliphatic carbocycles. The molecule has 0 radical (unpaired) electrons. The van der Waals surface area contributed by atoms with Crippen LogP contribution >= 0.6 is 0 Å². The van der Waals surface area contributed by atoms with E-state index in [-0.39, 0.29) is 0 Å². The van der Waals surface area contributed by atoms with E-state index in [9.17, 15) is 0 Å². The Bertz CT molecular complexity index is 178. The van der Waals surface area contributed by atoms with Crippen LogP contribution in [0.2, 0.25) is 0 Å². The van der Waals surface area contributed by atoms with Crippen LogP contribution in [0, 0.1) is 23.7 Å². The molecular formula is C13H25N. The van der Waals surface area contributed by atoms with E-state index in [1.807, 2.05) is 0 Å². The molecule has 0 aromatic rings. The molecule has 4 unspecified atom stereocenters. The highest BCUT2D eigenvalue weighted by atomic mass is 14.9. The third-order valence-corrected chi connectivity index (χ3v) is 4.16. The predicted molar refractivity (Wildman–Crippen MR) is 61.3 cm³/mol. The number of rotatable bonds is 4. The lowest BCUT2D eigenvalue weighted by Crippen LogP contribution is -2.28. The first-order valence-electron chi connectivity index (χ1n) is 6.46. The molecule has 14 heavy (non-hydrogen) atoms. The molecule has 1 heteroatoms. The van der Waals surface area contributed by atoms with Crippen molar-refractivity contribution in [3.8, 4) is 0 Å². The summed E-state index contributed by atoms with van der Waals surface area (Å²) in [5.41, 5.74) is 0. The number of hydrogen-bond acceptors (Lipinski definition) is 1. The molecule has 0 aromatic heterocycles. The van der Waals surface area contributed by atoms with Crippen LogP contribution < -0.4 is 5.32 Å². The van der Waals surface area contributed by atoms with Gasteiger partial charge in [0.25, 0.3) is 0 Å². The maximum Gasteiger partial charge on any atom is -0.00177 e. The summed E-state index contributed by atoms with van der Waals surface area (Å²) in [5, 5.41) is 3.67. The third kappa shape index (κ3) is 2.98. The summed E-state index contributed by atoms with van der Waals surface area (Å²) in [6, 6.07) is 0. The second kappa shape index (κ2) is 4.65. The molecule has 0 heterocycles. The minimum Gasteiger partial charge on any atom is -0.316 e. The Morgan fingerprint density at radius 3 is 2.50 bits per heavy atom. The molecule has 0 saturated heterocycles. The van der Waals surface area contributed by atoms with Crippen molar-refractivity contribution in [1.82, 2.24) is 5.32 Å². The Labute approximate surface area is 88.7 Å². The molecule has 0 amide bonds. The van der Waals surface area contributed by atoms with Crippen molar-refractivity contribution in [1.29, 1.82) is 0 Å². The molecule has 1 N–H and O–H groups in total. The minimum absolute atomic E-state index is 0.979. The largest absolute Gasteiger partial charge is 0.316 e. The standard InChI is InChI=1S/C13H25N/c1-10-4-3-5-12(6-10)8-14-9-13-7-11(13)2/h10-14H,3-9H2,1-2H3. The molecule has 2 rings (SSSR count). The van der Waals surface area contributed by atoms with Crippen molar-refractivity contribution in [3.05, 3.63) is 0 Å². The van der Waals surface area contributed by atoms with Gasteiger partial charge in [-0.1, -0.05) is 26.7 Å². The fourth-order valence-corrected chi connectivity index (χ4v) is 2.90. The van der Waals surface area contributed by atoms with Gasteiger partial charge in [0, 0.05) is 0 Å².